The number of carbonyl (C=O) groups is 2. The van der Waals surface area contributed by atoms with Gasteiger partial charge in [0, 0.05) is 32.6 Å². The van der Waals surface area contributed by atoms with Gasteiger partial charge in [-0.05, 0) is 37.1 Å². The van der Waals surface area contributed by atoms with Gasteiger partial charge in [0.05, 0.1) is 19.1 Å². The van der Waals surface area contributed by atoms with Crippen LogP contribution in [0.1, 0.15) is 44.2 Å². The first-order valence-corrected chi connectivity index (χ1v) is 9.97. The Morgan fingerprint density at radius 2 is 2.04 bits per heavy atom. The number of hydrogen-bond donors (Lipinski definition) is 1. The van der Waals surface area contributed by atoms with Crippen LogP contribution in [-0.2, 0) is 9.59 Å². The number of rotatable bonds is 7. The van der Waals surface area contributed by atoms with Crippen LogP contribution < -0.4 is 10.1 Å². The number of nitrogens with zero attached hydrogens (tertiary/aromatic N) is 2. The lowest BCUT2D eigenvalue weighted by atomic mass is 9.91. The molecular weight excluding hydrogens is 378 g/mol. The fraction of sp³-hybridized carbons (Fsp3) is 0.619. The molecule has 1 aromatic carbocycles. The van der Waals surface area contributed by atoms with Crippen molar-refractivity contribution in [1.29, 1.82) is 0 Å². The van der Waals surface area contributed by atoms with E-state index >= 15 is 0 Å². The summed E-state index contributed by atoms with van der Waals surface area (Å²) in [5, 5.41) is 3.31. The van der Waals surface area contributed by atoms with Gasteiger partial charge in [-0.2, -0.15) is 0 Å². The standard InChI is InChI=1S/C21H31N3O3.ClH/c1-4-5-12-24-19(25)13-18(21(26)23(2)16-10-11-22-14-16)20(24)15-6-8-17(27-3)9-7-15;/h6-9,16,18,20,22H,4-5,10-14H2,1-3H3;1H. The van der Waals surface area contributed by atoms with E-state index in [1.165, 1.54) is 0 Å². The van der Waals surface area contributed by atoms with Crippen molar-refractivity contribution in [2.75, 3.05) is 33.8 Å². The van der Waals surface area contributed by atoms with Gasteiger partial charge < -0.3 is 19.9 Å². The van der Waals surface area contributed by atoms with E-state index in [1.54, 1.807) is 7.11 Å². The second kappa shape index (κ2) is 10.1. The first-order chi connectivity index (χ1) is 13.1. The van der Waals surface area contributed by atoms with E-state index in [-0.39, 0.29) is 42.2 Å². The van der Waals surface area contributed by atoms with E-state index in [2.05, 4.69) is 12.2 Å². The van der Waals surface area contributed by atoms with Crippen LogP contribution in [0, 0.1) is 5.92 Å². The number of amides is 2. The number of ether oxygens (including phenoxy) is 1. The number of hydrogen-bond acceptors (Lipinski definition) is 4. The highest BCUT2D eigenvalue weighted by atomic mass is 35.5. The number of methoxy groups -OCH3 is 1. The second-order valence-electron chi connectivity index (χ2n) is 7.57. The van der Waals surface area contributed by atoms with Gasteiger partial charge in [0.15, 0.2) is 0 Å². The largest absolute Gasteiger partial charge is 0.497 e. The van der Waals surface area contributed by atoms with Crippen molar-refractivity contribution in [3.8, 4) is 5.75 Å². The van der Waals surface area contributed by atoms with Crippen LogP contribution >= 0.6 is 12.4 Å². The highest BCUT2D eigenvalue weighted by Crippen LogP contribution is 2.40. The normalized spacial score (nSPS) is 24.2. The summed E-state index contributed by atoms with van der Waals surface area (Å²) in [6.45, 7) is 4.59. The lowest BCUT2D eigenvalue weighted by molar-refractivity contribution is -0.137. The molecule has 0 bridgehead atoms. The van der Waals surface area contributed by atoms with Crippen molar-refractivity contribution in [3.05, 3.63) is 29.8 Å². The molecule has 3 rings (SSSR count). The number of likely N-dealkylation sites (tertiary alicyclic amines) is 1. The Bertz CT molecular complexity index is 661. The molecule has 2 heterocycles. The van der Waals surface area contributed by atoms with Crippen LogP contribution in [0.5, 0.6) is 5.75 Å². The molecule has 6 nitrogen and oxygen atoms in total. The Labute approximate surface area is 174 Å². The highest BCUT2D eigenvalue weighted by molar-refractivity contribution is 5.90. The van der Waals surface area contributed by atoms with Gasteiger partial charge in [-0.1, -0.05) is 25.5 Å². The Kier molecular flexibility index (Phi) is 8.13. The van der Waals surface area contributed by atoms with Crippen molar-refractivity contribution in [3.63, 3.8) is 0 Å². The van der Waals surface area contributed by atoms with E-state index in [1.807, 2.05) is 41.1 Å². The highest BCUT2D eigenvalue weighted by Gasteiger charge is 2.45. The molecule has 7 heteroatoms. The average Bonchev–Trinajstić information content (AvgIpc) is 3.33. The molecule has 1 N–H and O–H groups in total. The molecule has 0 radical (unpaired) electrons. The minimum Gasteiger partial charge on any atom is -0.497 e. The number of benzene rings is 1. The van der Waals surface area contributed by atoms with E-state index in [9.17, 15) is 9.59 Å². The number of carbonyl (C=O) groups excluding carboxylic acids is 2. The van der Waals surface area contributed by atoms with E-state index in [0.29, 0.717) is 13.0 Å². The van der Waals surface area contributed by atoms with Gasteiger partial charge in [-0.25, -0.2) is 0 Å². The summed E-state index contributed by atoms with van der Waals surface area (Å²) in [5.41, 5.74) is 1.01. The van der Waals surface area contributed by atoms with Crippen molar-refractivity contribution >= 4 is 24.2 Å². The third-order valence-electron chi connectivity index (χ3n) is 5.89. The zero-order valence-electron chi connectivity index (χ0n) is 17.0. The minimum absolute atomic E-state index is 0. The molecule has 2 aliphatic heterocycles. The molecule has 0 saturated carbocycles. The van der Waals surface area contributed by atoms with E-state index in [4.69, 9.17) is 4.74 Å². The van der Waals surface area contributed by atoms with Crippen LogP contribution in [0.3, 0.4) is 0 Å². The van der Waals surface area contributed by atoms with Crippen LogP contribution in [0.15, 0.2) is 24.3 Å². The Hall–Kier alpha value is -1.79. The summed E-state index contributed by atoms with van der Waals surface area (Å²) < 4.78 is 5.26. The molecule has 2 amide bonds. The Morgan fingerprint density at radius 1 is 1.32 bits per heavy atom. The number of nitrogens with one attached hydrogen (secondary N) is 1. The summed E-state index contributed by atoms with van der Waals surface area (Å²) in [5.74, 6) is 0.617. The van der Waals surface area contributed by atoms with Crippen molar-refractivity contribution in [2.45, 2.75) is 44.7 Å². The maximum absolute atomic E-state index is 13.3. The van der Waals surface area contributed by atoms with Crippen molar-refractivity contribution < 1.29 is 14.3 Å². The zero-order valence-corrected chi connectivity index (χ0v) is 17.8. The summed E-state index contributed by atoms with van der Waals surface area (Å²) in [6.07, 6.45) is 3.23. The Morgan fingerprint density at radius 3 is 2.61 bits per heavy atom. The van der Waals surface area contributed by atoms with Gasteiger partial charge in [0.2, 0.25) is 11.8 Å². The molecule has 2 fully saturated rings. The van der Waals surface area contributed by atoms with Crippen LogP contribution in [0.2, 0.25) is 0 Å². The molecule has 1 aromatic rings. The van der Waals surface area contributed by atoms with Gasteiger partial charge in [-0.15, -0.1) is 12.4 Å². The lowest BCUT2D eigenvalue weighted by Gasteiger charge is -2.32. The lowest BCUT2D eigenvalue weighted by Crippen LogP contribution is -2.43. The quantitative estimate of drug-likeness (QED) is 0.752. The zero-order chi connectivity index (χ0) is 19.4. The van der Waals surface area contributed by atoms with Crippen LogP contribution in [-0.4, -0.2) is 61.4 Å². The number of halogens is 1. The fourth-order valence-corrected chi connectivity index (χ4v) is 4.23. The molecule has 0 aliphatic carbocycles. The monoisotopic (exact) mass is 409 g/mol. The molecule has 3 atom stereocenters. The predicted molar refractivity (Wildman–Crippen MR) is 112 cm³/mol. The molecule has 0 aromatic heterocycles. The molecule has 3 unspecified atom stereocenters. The maximum atomic E-state index is 13.3. The minimum atomic E-state index is -0.326. The van der Waals surface area contributed by atoms with Crippen molar-refractivity contribution in [1.82, 2.24) is 15.1 Å². The molecule has 0 spiro atoms. The number of unbranched alkanes of at least 4 members (excludes halogenated alkanes) is 1. The summed E-state index contributed by atoms with van der Waals surface area (Å²) in [7, 11) is 3.52. The molecular formula is C21H32ClN3O3. The topological polar surface area (TPSA) is 61.9 Å². The molecule has 156 valence electrons. The summed E-state index contributed by atoms with van der Waals surface area (Å²) in [4.78, 5) is 29.8. The number of likely N-dealkylation sites (N-methyl/N-ethyl adjacent to an activating group) is 1. The predicted octanol–water partition coefficient (Wildman–Crippen LogP) is 2.63. The third-order valence-corrected chi connectivity index (χ3v) is 5.89. The summed E-state index contributed by atoms with van der Waals surface area (Å²) in [6, 6.07) is 7.80. The van der Waals surface area contributed by atoms with Gasteiger partial charge in [0.25, 0.3) is 0 Å². The van der Waals surface area contributed by atoms with Gasteiger partial charge >= 0.3 is 0 Å². The van der Waals surface area contributed by atoms with Crippen LogP contribution in [0.4, 0.5) is 0 Å². The fourth-order valence-electron chi connectivity index (χ4n) is 4.23. The van der Waals surface area contributed by atoms with Gasteiger partial charge in [-0.3, -0.25) is 9.59 Å². The maximum Gasteiger partial charge on any atom is 0.228 e. The van der Waals surface area contributed by atoms with E-state index < -0.39 is 0 Å². The molecule has 2 aliphatic rings. The Balaban J connectivity index is 0.00000280. The first kappa shape index (κ1) is 22.5. The molecule has 2 saturated heterocycles. The van der Waals surface area contributed by atoms with E-state index in [0.717, 1.165) is 43.7 Å². The van der Waals surface area contributed by atoms with Crippen molar-refractivity contribution in [2.24, 2.45) is 5.92 Å². The van der Waals surface area contributed by atoms with Crippen LogP contribution in [0.25, 0.3) is 0 Å². The summed E-state index contributed by atoms with van der Waals surface area (Å²) >= 11 is 0. The average molecular weight is 410 g/mol. The van der Waals surface area contributed by atoms with Gasteiger partial charge in [0.1, 0.15) is 5.75 Å². The third kappa shape index (κ3) is 4.61. The first-order valence-electron chi connectivity index (χ1n) is 9.97. The SMILES string of the molecule is CCCCN1C(=O)CC(C(=O)N(C)C2CCNC2)C1c1ccc(OC)cc1.Cl. The molecule has 28 heavy (non-hydrogen) atoms. The smallest absolute Gasteiger partial charge is 0.228 e. The second-order valence-corrected chi connectivity index (χ2v) is 7.57.